The van der Waals surface area contributed by atoms with Crippen molar-refractivity contribution in [2.24, 2.45) is 10.7 Å². The summed E-state index contributed by atoms with van der Waals surface area (Å²) in [6.45, 7) is 0. The quantitative estimate of drug-likeness (QED) is 0.751. The third-order valence-corrected chi connectivity index (χ3v) is 4.58. The van der Waals surface area contributed by atoms with E-state index in [1.54, 1.807) is 0 Å². The zero-order valence-corrected chi connectivity index (χ0v) is 11.8. The summed E-state index contributed by atoms with van der Waals surface area (Å²) in [6, 6.07) is 7.79. The van der Waals surface area contributed by atoms with E-state index in [1.807, 2.05) is 24.3 Å². The van der Waals surface area contributed by atoms with Gasteiger partial charge < -0.3 is 15.8 Å². The number of nitrogens with zero attached hydrogens (tertiary/aromatic N) is 2. The third-order valence-electron chi connectivity index (χ3n) is 4.58. The van der Waals surface area contributed by atoms with E-state index in [0.717, 1.165) is 36.7 Å². The summed E-state index contributed by atoms with van der Waals surface area (Å²) in [4.78, 5) is 12.4. The number of fused-ring (bicyclic) bond motifs is 1. The summed E-state index contributed by atoms with van der Waals surface area (Å²) in [5, 5.41) is 10.7. The topological polar surface area (TPSA) is 87.3 Å². The number of aliphatic imine (C=N–C) groups is 1. The van der Waals surface area contributed by atoms with Gasteiger partial charge in [-0.05, 0) is 25.0 Å². The van der Waals surface area contributed by atoms with Crippen molar-refractivity contribution in [1.29, 1.82) is 0 Å². The molecule has 1 fully saturated rings. The average Bonchev–Trinajstić information content (AvgIpc) is 3.00. The fraction of sp³-hybridized carbons (Fsp3) is 0.375. The lowest BCUT2D eigenvalue weighted by Crippen LogP contribution is -2.30. The molecule has 0 unspecified atom stereocenters. The van der Waals surface area contributed by atoms with Crippen LogP contribution in [0, 0.1) is 0 Å². The number of aliphatic hydroxyl groups is 1. The van der Waals surface area contributed by atoms with E-state index in [0.29, 0.717) is 23.0 Å². The standard InChI is InChI=1S/C16H18N4O/c17-14-12(13(21)16(20-14)8-4-1-5-9-16)15-18-10-6-2-3-7-11(10)19-15/h2-3,6-7,21H,1,4-5,8-9H2,(H2,17,20)(H,18,19). The number of imidazole rings is 1. The van der Waals surface area contributed by atoms with Crippen molar-refractivity contribution in [3.8, 4) is 0 Å². The van der Waals surface area contributed by atoms with Crippen molar-refractivity contribution >= 4 is 22.4 Å². The normalized spacial score (nSPS) is 21.2. The molecule has 1 aromatic heterocycles. The maximum Gasteiger partial charge on any atom is 0.145 e. The van der Waals surface area contributed by atoms with Gasteiger partial charge in [0.1, 0.15) is 23.0 Å². The van der Waals surface area contributed by atoms with Gasteiger partial charge in [0.2, 0.25) is 0 Å². The zero-order chi connectivity index (χ0) is 14.4. The Morgan fingerprint density at radius 3 is 2.67 bits per heavy atom. The Morgan fingerprint density at radius 1 is 1.14 bits per heavy atom. The van der Waals surface area contributed by atoms with Crippen LogP contribution in [-0.2, 0) is 0 Å². The van der Waals surface area contributed by atoms with Crippen LogP contribution < -0.4 is 5.73 Å². The number of hydrogen-bond donors (Lipinski definition) is 3. The van der Waals surface area contributed by atoms with Gasteiger partial charge >= 0.3 is 0 Å². The first-order chi connectivity index (χ1) is 10.2. The molecule has 5 heteroatoms. The molecule has 5 nitrogen and oxygen atoms in total. The maximum atomic E-state index is 10.7. The Balaban J connectivity index is 1.85. The Bertz CT molecular complexity index is 732. The third kappa shape index (κ3) is 1.77. The van der Waals surface area contributed by atoms with Crippen LogP contribution >= 0.6 is 0 Å². The molecule has 0 atom stereocenters. The Labute approximate surface area is 122 Å². The number of aromatic nitrogens is 2. The maximum absolute atomic E-state index is 10.7. The first kappa shape index (κ1) is 12.4. The highest BCUT2D eigenvalue weighted by Gasteiger charge is 2.43. The minimum Gasteiger partial charge on any atom is -0.509 e. The van der Waals surface area contributed by atoms with Gasteiger partial charge in [-0.3, -0.25) is 4.99 Å². The van der Waals surface area contributed by atoms with Crippen LogP contribution in [0.3, 0.4) is 0 Å². The van der Waals surface area contributed by atoms with Gasteiger partial charge in [-0.25, -0.2) is 4.98 Å². The van der Waals surface area contributed by atoms with E-state index >= 15 is 0 Å². The van der Waals surface area contributed by atoms with Gasteiger partial charge in [0.25, 0.3) is 0 Å². The summed E-state index contributed by atoms with van der Waals surface area (Å²) in [6.07, 6.45) is 5.08. The first-order valence-electron chi connectivity index (χ1n) is 7.44. The smallest absolute Gasteiger partial charge is 0.145 e. The number of para-hydroxylation sites is 2. The molecular weight excluding hydrogens is 264 g/mol. The van der Waals surface area contributed by atoms with Crippen molar-refractivity contribution in [3.63, 3.8) is 0 Å². The minimum absolute atomic E-state index is 0.291. The van der Waals surface area contributed by atoms with E-state index in [4.69, 9.17) is 5.73 Å². The highest BCUT2D eigenvalue weighted by atomic mass is 16.3. The predicted molar refractivity (Wildman–Crippen MR) is 83.1 cm³/mol. The highest BCUT2D eigenvalue weighted by Crippen LogP contribution is 2.43. The number of hydrogen-bond acceptors (Lipinski definition) is 4. The van der Waals surface area contributed by atoms with Crippen LogP contribution in [0.2, 0.25) is 0 Å². The largest absolute Gasteiger partial charge is 0.509 e. The lowest BCUT2D eigenvalue weighted by atomic mass is 9.81. The molecule has 0 radical (unpaired) electrons. The Hall–Kier alpha value is -2.30. The van der Waals surface area contributed by atoms with Gasteiger partial charge in [-0.15, -0.1) is 0 Å². The number of benzene rings is 1. The molecule has 2 aromatic rings. The molecule has 2 heterocycles. The van der Waals surface area contributed by atoms with E-state index < -0.39 is 5.54 Å². The van der Waals surface area contributed by atoms with Crippen molar-refractivity contribution in [2.75, 3.05) is 0 Å². The number of aromatic amines is 1. The van der Waals surface area contributed by atoms with Crippen molar-refractivity contribution in [2.45, 2.75) is 37.6 Å². The molecule has 2 aliphatic rings. The average molecular weight is 282 g/mol. The number of amidine groups is 1. The van der Waals surface area contributed by atoms with Crippen molar-refractivity contribution < 1.29 is 5.11 Å². The van der Waals surface area contributed by atoms with Crippen LogP contribution in [0.1, 0.15) is 37.9 Å². The number of nitrogens with two attached hydrogens (primary N) is 1. The summed E-state index contributed by atoms with van der Waals surface area (Å²) >= 11 is 0. The summed E-state index contributed by atoms with van der Waals surface area (Å²) in [7, 11) is 0. The summed E-state index contributed by atoms with van der Waals surface area (Å²) in [5.74, 6) is 1.30. The molecule has 0 amide bonds. The van der Waals surface area contributed by atoms with Crippen LogP contribution in [0.25, 0.3) is 16.6 Å². The molecule has 1 spiro atoms. The van der Waals surface area contributed by atoms with Gasteiger partial charge in [-0.2, -0.15) is 0 Å². The van der Waals surface area contributed by atoms with Crippen LogP contribution in [0.15, 0.2) is 35.0 Å². The van der Waals surface area contributed by atoms with Gasteiger partial charge in [0.05, 0.1) is 16.6 Å². The second-order valence-corrected chi connectivity index (χ2v) is 5.92. The molecular formula is C16H18N4O. The molecule has 21 heavy (non-hydrogen) atoms. The molecule has 1 aliphatic heterocycles. The van der Waals surface area contributed by atoms with Crippen molar-refractivity contribution in [1.82, 2.24) is 9.97 Å². The zero-order valence-electron chi connectivity index (χ0n) is 11.8. The SMILES string of the molecule is NC1=NC2(CCCCC2)C(O)=C1c1nc2ccccc2[nH]1. The second-order valence-electron chi connectivity index (χ2n) is 5.92. The first-order valence-corrected chi connectivity index (χ1v) is 7.44. The fourth-order valence-corrected chi connectivity index (χ4v) is 3.48. The monoisotopic (exact) mass is 282 g/mol. The fourth-order valence-electron chi connectivity index (χ4n) is 3.48. The number of aliphatic hydroxyl groups excluding tert-OH is 1. The number of H-pyrrole nitrogens is 1. The van der Waals surface area contributed by atoms with E-state index in [9.17, 15) is 5.11 Å². The number of rotatable bonds is 1. The molecule has 4 N–H and O–H groups in total. The molecule has 108 valence electrons. The molecule has 4 rings (SSSR count). The highest BCUT2D eigenvalue weighted by molar-refractivity contribution is 6.24. The van der Waals surface area contributed by atoms with Crippen LogP contribution in [0.4, 0.5) is 0 Å². The molecule has 1 aromatic carbocycles. The molecule has 1 aliphatic carbocycles. The molecule has 0 saturated heterocycles. The summed E-state index contributed by atoms with van der Waals surface area (Å²) < 4.78 is 0. The van der Waals surface area contributed by atoms with Crippen molar-refractivity contribution in [3.05, 3.63) is 35.8 Å². The van der Waals surface area contributed by atoms with Crippen LogP contribution in [-0.4, -0.2) is 26.4 Å². The lowest BCUT2D eigenvalue weighted by Gasteiger charge is -2.30. The van der Waals surface area contributed by atoms with Gasteiger partial charge in [0, 0.05) is 0 Å². The van der Waals surface area contributed by atoms with Gasteiger partial charge in [0.15, 0.2) is 0 Å². The Morgan fingerprint density at radius 2 is 1.90 bits per heavy atom. The minimum atomic E-state index is -0.503. The summed E-state index contributed by atoms with van der Waals surface area (Å²) in [5.41, 5.74) is 7.98. The Kier molecular flexibility index (Phi) is 2.58. The van der Waals surface area contributed by atoms with Crippen LogP contribution in [0.5, 0.6) is 0 Å². The van der Waals surface area contributed by atoms with E-state index in [-0.39, 0.29) is 0 Å². The molecule has 1 saturated carbocycles. The predicted octanol–water partition coefficient (Wildman–Crippen LogP) is 2.91. The number of nitrogens with one attached hydrogen (secondary N) is 1. The lowest BCUT2D eigenvalue weighted by molar-refractivity contribution is 0.246. The van der Waals surface area contributed by atoms with E-state index in [1.165, 1.54) is 6.42 Å². The van der Waals surface area contributed by atoms with E-state index in [2.05, 4.69) is 15.0 Å². The second kappa shape index (κ2) is 4.35. The van der Waals surface area contributed by atoms with Gasteiger partial charge in [-0.1, -0.05) is 31.4 Å². The molecule has 0 bridgehead atoms.